The van der Waals surface area contributed by atoms with Crippen LogP contribution in [-0.4, -0.2) is 20.4 Å². The summed E-state index contributed by atoms with van der Waals surface area (Å²) >= 11 is 0. The molecule has 0 bridgehead atoms. The minimum absolute atomic E-state index is 0.141. The molecule has 0 saturated carbocycles. The van der Waals surface area contributed by atoms with Gasteiger partial charge in [0.1, 0.15) is 0 Å². The fourth-order valence-electron chi connectivity index (χ4n) is 3.34. The van der Waals surface area contributed by atoms with E-state index in [1.54, 1.807) is 24.3 Å². The van der Waals surface area contributed by atoms with Crippen molar-refractivity contribution in [1.82, 2.24) is 0 Å². The van der Waals surface area contributed by atoms with Gasteiger partial charge in [-0.05, 0) is 40.5 Å². The second-order valence-electron chi connectivity index (χ2n) is 6.07. The highest BCUT2D eigenvalue weighted by atomic mass is 16.3. The first-order valence-electron chi connectivity index (χ1n) is 7.91. The van der Waals surface area contributed by atoms with E-state index in [2.05, 4.69) is 0 Å². The fourth-order valence-corrected chi connectivity index (χ4v) is 3.34. The molecule has 4 heteroatoms. The maximum absolute atomic E-state index is 10.1. The van der Waals surface area contributed by atoms with Crippen LogP contribution in [0.15, 0.2) is 60.7 Å². The van der Waals surface area contributed by atoms with Crippen molar-refractivity contribution >= 4 is 21.5 Å². The summed E-state index contributed by atoms with van der Waals surface area (Å²) in [6, 6.07) is 17.7. The average molecular weight is 332 g/mol. The Morgan fingerprint density at radius 1 is 0.520 bits per heavy atom. The lowest BCUT2D eigenvalue weighted by atomic mass is 9.93. The van der Waals surface area contributed by atoms with Crippen molar-refractivity contribution in [3.63, 3.8) is 0 Å². The van der Waals surface area contributed by atoms with Gasteiger partial charge in [0.2, 0.25) is 0 Å². The highest BCUT2D eigenvalue weighted by Gasteiger charge is 2.14. The monoisotopic (exact) mass is 332 g/mol. The Hall–Kier alpha value is -3.40. The Bertz CT molecular complexity index is 1030. The summed E-state index contributed by atoms with van der Waals surface area (Å²) in [6.07, 6.45) is 0.433. The zero-order valence-corrected chi connectivity index (χ0v) is 13.3. The summed E-state index contributed by atoms with van der Waals surface area (Å²) in [5.41, 5.74) is 1.64. The summed E-state index contributed by atoms with van der Waals surface area (Å²) in [6.45, 7) is 0. The number of hydrogen-bond acceptors (Lipinski definition) is 4. The number of rotatable bonds is 2. The van der Waals surface area contributed by atoms with Crippen LogP contribution in [0, 0.1) is 0 Å². The van der Waals surface area contributed by atoms with Gasteiger partial charge in [0, 0.05) is 10.8 Å². The van der Waals surface area contributed by atoms with Gasteiger partial charge in [-0.3, -0.25) is 0 Å². The molecule has 0 radical (unpaired) electrons. The first kappa shape index (κ1) is 15.1. The molecule has 0 atom stereocenters. The van der Waals surface area contributed by atoms with E-state index in [1.165, 1.54) is 12.1 Å². The highest BCUT2D eigenvalue weighted by Crippen LogP contribution is 2.40. The van der Waals surface area contributed by atoms with Gasteiger partial charge in [0.15, 0.2) is 23.0 Å². The maximum Gasteiger partial charge on any atom is 0.165 e. The lowest BCUT2D eigenvalue weighted by molar-refractivity contribution is 0.407. The van der Waals surface area contributed by atoms with E-state index in [1.807, 2.05) is 24.3 Å². The Kier molecular flexibility index (Phi) is 3.39. The van der Waals surface area contributed by atoms with Crippen molar-refractivity contribution in [3.8, 4) is 23.0 Å². The topological polar surface area (TPSA) is 80.9 Å². The molecule has 0 fully saturated rings. The van der Waals surface area contributed by atoms with Crippen LogP contribution >= 0.6 is 0 Å². The van der Waals surface area contributed by atoms with Gasteiger partial charge in [-0.2, -0.15) is 0 Å². The van der Waals surface area contributed by atoms with Crippen LogP contribution < -0.4 is 0 Å². The molecule has 25 heavy (non-hydrogen) atoms. The van der Waals surface area contributed by atoms with E-state index in [4.69, 9.17) is 0 Å². The van der Waals surface area contributed by atoms with Gasteiger partial charge >= 0.3 is 0 Å². The molecule has 4 rings (SSSR count). The second-order valence-corrected chi connectivity index (χ2v) is 6.07. The Morgan fingerprint density at radius 2 is 0.880 bits per heavy atom. The third kappa shape index (κ3) is 2.39. The lowest BCUT2D eigenvalue weighted by Crippen LogP contribution is -1.93. The van der Waals surface area contributed by atoms with Gasteiger partial charge in [0.05, 0.1) is 0 Å². The molecule has 4 aromatic rings. The molecule has 0 unspecified atom stereocenters. The zero-order valence-electron chi connectivity index (χ0n) is 13.3. The molecular weight excluding hydrogens is 316 g/mol. The van der Waals surface area contributed by atoms with E-state index >= 15 is 0 Å². The average Bonchev–Trinajstić information content (AvgIpc) is 2.64. The van der Waals surface area contributed by atoms with Crippen LogP contribution in [0.4, 0.5) is 0 Å². The SMILES string of the molecule is Oc1cc(Cc2cc(O)c(O)c3ccccc23)c2ccccc2c1O. The van der Waals surface area contributed by atoms with Crippen molar-refractivity contribution in [2.75, 3.05) is 0 Å². The third-order valence-corrected chi connectivity index (χ3v) is 4.54. The van der Waals surface area contributed by atoms with Crippen molar-refractivity contribution in [2.45, 2.75) is 6.42 Å². The largest absolute Gasteiger partial charge is 0.504 e. The first-order chi connectivity index (χ1) is 12.1. The summed E-state index contributed by atoms with van der Waals surface area (Å²) < 4.78 is 0. The maximum atomic E-state index is 10.1. The van der Waals surface area contributed by atoms with Crippen LogP contribution in [0.25, 0.3) is 21.5 Å². The van der Waals surface area contributed by atoms with Gasteiger partial charge < -0.3 is 20.4 Å². The molecule has 4 N–H and O–H groups in total. The molecule has 0 aromatic heterocycles. The predicted molar refractivity (Wildman–Crippen MR) is 97.4 cm³/mol. The molecule has 0 amide bonds. The highest BCUT2D eigenvalue weighted by molar-refractivity contribution is 5.96. The lowest BCUT2D eigenvalue weighted by Gasteiger charge is -2.13. The number of fused-ring (bicyclic) bond motifs is 2. The number of phenols is 4. The summed E-state index contributed by atoms with van der Waals surface area (Å²) in [5, 5.41) is 43.1. The minimum atomic E-state index is -0.180. The van der Waals surface area contributed by atoms with Gasteiger partial charge in [0.25, 0.3) is 0 Å². The van der Waals surface area contributed by atoms with Crippen LogP contribution in [-0.2, 0) is 6.42 Å². The van der Waals surface area contributed by atoms with Crippen LogP contribution in [0.1, 0.15) is 11.1 Å². The summed E-state index contributed by atoms with van der Waals surface area (Å²) in [4.78, 5) is 0. The third-order valence-electron chi connectivity index (χ3n) is 4.54. The molecule has 0 aliphatic heterocycles. The van der Waals surface area contributed by atoms with E-state index < -0.39 is 0 Å². The molecule has 124 valence electrons. The molecule has 0 aliphatic carbocycles. The standard InChI is InChI=1S/C21H16O4/c22-18-10-12(14-5-1-3-7-16(14)20(18)24)9-13-11-19(23)21(25)17-8-4-2-6-15(13)17/h1-8,10-11,22-25H,9H2. The predicted octanol–water partition coefficient (Wildman–Crippen LogP) is 4.41. The molecule has 4 aromatic carbocycles. The molecule has 0 spiro atoms. The smallest absolute Gasteiger partial charge is 0.165 e. The molecular formula is C21H16O4. The van der Waals surface area contributed by atoms with Crippen LogP contribution in [0.2, 0.25) is 0 Å². The van der Waals surface area contributed by atoms with Gasteiger partial charge in [-0.1, -0.05) is 48.5 Å². The fraction of sp³-hybridized carbons (Fsp3) is 0.0476. The zero-order chi connectivity index (χ0) is 17.6. The minimum Gasteiger partial charge on any atom is -0.504 e. The Morgan fingerprint density at radius 3 is 1.28 bits per heavy atom. The second kappa shape index (κ2) is 5.60. The summed E-state index contributed by atoms with van der Waals surface area (Å²) in [5.74, 6) is -0.641. The summed E-state index contributed by atoms with van der Waals surface area (Å²) in [7, 11) is 0. The number of aromatic hydroxyl groups is 4. The number of phenolic OH excluding ortho intramolecular Hbond substituents is 4. The van der Waals surface area contributed by atoms with E-state index in [0.717, 1.165) is 21.9 Å². The first-order valence-corrected chi connectivity index (χ1v) is 7.91. The Balaban J connectivity index is 1.95. The van der Waals surface area contributed by atoms with Crippen molar-refractivity contribution in [1.29, 1.82) is 0 Å². The van der Waals surface area contributed by atoms with E-state index in [9.17, 15) is 20.4 Å². The quantitative estimate of drug-likeness (QED) is 0.410. The molecule has 0 saturated heterocycles. The van der Waals surface area contributed by atoms with Gasteiger partial charge in [-0.25, -0.2) is 0 Å². The normalized spacial score (nSPS) is 11.2. The van der Waals surface area contributed by atoms with Gasteiger partial charge in [-0.15, -0.1) is 0 Å². The van der Waals surface area contributed by atoms with Crippen LogP contribution in [0.5, 0.6) is 23.0 Å². The Labute approximate surface area is 143 Å². The molecule has 0 aliphatic rings. The van der Waals surface area contributed by atoms with Crippen molar-refractivity contribution in [2.24, 2.45) is 0 Å². The van der Waals surface area contributed by atoms with E-state index in [-0.39, 0.29) is 23.0 Å². The molecule has 4 nitrogen and oxygen atoms in total. The van der Waals surface area contributed by atoms with Crippen molar-refractivity contribution in [3.05, 3.63) is 71.8 Å². The van der Waals surface area contributed by atoms with Crippen LogP contribution in [0.3, 0.4) is 0 Å². The number of benzene rings is 4. The van der Waals surface area contributed by atoms with E-state index in [0.29, 0.717) is 17.2 Å². The molecule has 0 heterocycles. The van der Waals surface area contributed by atoms with Crippen molar-refractivity contribution < 1.29 is 20.4 Å². The number of hydrogen-bond donors (Lipinski definition) is 4.